The maximum atomic E-state index is 6.31. The van der Waals surface area contributed by atoms with Gasteiger partial charge < -0.3 is 0 Å². The van der Waals surface area contributed by atoms with Crippen molar-refractivity contribution in [3.8, 4) is 0 Å². The highest BCUT2D eigenvalue weighted by Crippen LogP contribution is 2.25. The summed E-state index contributed by atoms with van der Waals surface area (Å²) in [6.07, 6.45) is 13.1. The lowest BCUT2D eigenvalue weighted by Crippen LogP contribution is -2.60. The predicted molar refractivity (Wildman–Crippen MR) is 75.3 cm³/mol. The van der Waals surface area contributed by atoms with Gasteiger partial charge in [0.15, 0.2) is 0 Å². The first-order chi connectivity index (χ1) is 8.70. The molecule has 0 unspecified atom stereocenters. The van der Waals surface area contributed by atoms with E-state index in [-0.39, 0.29) is 6.17 Å². The van der Waals surface area contributed by atoms with Crippen LogP contribution in [0.1, 0.15) is 71.1 Å². The van der Waals surface area contributed by atoms with Crippen molar-refractivity contribution in [3.05, 3.63) is 0 Å². The Bertz CT molecular complexity index is 210. The minimum atomic E-state index is 0.163. The monoisotopic (exact) mass is 254 g/mol. The fourth-order valence-electron chi connectivity index (χ4n) is 3.52. The van der Waals surface area contributed by atoms with E-state index in [9.17, 15) is 0 Å². The smallest absolute Gasteiger partial charge is 0.0861 e. The third-order valence-electron chi connectivity index (χ3n) is 4.86. The quantitative estimate of drug-likeness (QED) is 0.459. The van der Waals surface area contributed by atoms with Gasteiger partial charge in [0.05, 0.1) is 6.17 Å². The number of nitrogens with two attached hydrogens (primary N) is 2. The third kappa shape index (κ3) is 3.44. The predicted octanol–water partition coefficient (Wildman–Crippen LogP) is 2.35. The van der Waals surface area contributed by atoms with Crippen molar-refractivity contribution in [2.24, 2.45) is 11.7 Å². The molecule has 2 rings (SSSR count). The second-order valence-electron chi connectivity index (χ2n) is 6.11. The Labute approximate surface area is 112 Å². The Hall–Kier alpha value is -0.160. The summed E-state index contributed by atoms with van der Waals surface area (Å²) in [4.78, 5) is 0. The first-order valence-electron chi connectivity index (χ1n) is 7.76. The molecule has 0 spiro atoms. The van der Waals surface area contributed by atoms with Crippen molar-refractivity contribution < 1.29 is 0 Å². The van der Waals surface area contributed by atoms with Crippen LogP contribution in [-0.4, -0.2) is 28.3 Å². The molecular formula is C14H30N4. The van der Waals surface area contributed by atoms with Crippen molar-refractivity contribution in [2.75, 3.05) is 0 Å². The Morgan fingerprint density at radius 1 is 0.722 bits per heavy atom. The van der Waals surface area contributed by atoms with E-state index in [0.29, 0.717) is 12.1 Å². The summed E-state index contributed by atoms with van der Waals surface area (Å²) in [5.74, 6) is 12.6. The van der Waals surface area contributed by atoms with E-state index in [1.165, 1.54) is 64.2 Å². The van der Waals surface area contributed by atoms with Crippen LogP contribution in [-0.2, 0) is 0 Å². The lowest BCUT2D eigenvalue weighted by molar-refractivity contribution is -0.0228. The summed E-state index contributed by atoms with van der Waals surface area (Å²) in [6.45, 7) is 2.16. The maximum Gasteiger partial charge on any atom is 0.0861 e. The van der Waals surface area contributed by atoms with Crippen LogP contribution in [0.2, 0.25) is 0 Å². The molecule has 4 nitrogen and oxygen atoms in total. The van der Waals surface area contributed by atoms with Crippen LogP contribution < -0.4 is 11.7 Å². The van der Waals surface area contributed by atoms with Gasteiger partial charge in [-0.25, -0.2) is 10.0 Å². The zero-order valence-corrected chi connectivity index (χ0v) is 11.9. The average molecular weight is 254 g/mol. The van der Waals surface area contributed by atoms with Gasteiger partial charge in [0, 0.05) is 12.1 Å². The van der Waals surface area contributed by atoms with Gasteiger partial charge in [0.1, 0.15) is 0 Å². The zero-order chi connectivity index (χ0) is 13.0. The van der Waals surface area contributed by atoms with Crippen LogP contribution in [0.5, 0.6) is 0 Å². The number of nitrogens with zero attached hydrogens (tertiary/aromatic N) is 2. The van der Waals surface area contributed by atoms with Gasteiger partial charge in [-0.15, -0.1) is 0 Å². The lowest BCUT2D eigenvalue weighted by atomic mass is 9.93. The van der Waals surface area contributed by atoms with Crippen molar-refractivity contribution in [1.29, 1.82) is 0 Å². The van der Waals surface area contributed by atoms with E-state index >= 15 is 0 Å². The molecular weight excluding hydrogens is 224 g/mol. The molecule has 0 aromatic carbocycles. The fourth-order valence-corrected chi connectivity index (χ4v) is 3.52. The average Bonchev–Trinajstić information content (AvgIpc) is 2.47. The van der Waals surface area contributed by atoms with E-state index in [0.717, 1.165) is 0 Å². The summed E-state index contributed by atoms with van der Waals surface area (Å²) >= 11 is 0. The van der Waals surface area contributed by atoms with Crippen LogP contribution in [0.15, 0.2) is 0 Å². The molecule has 18 heavy (non-hydrogen) atoms. The first kappa shape index (κ1) is 14.3. The minimum Gasteiger partial charge on any atom is -0.267 e. The SMILES string of the molecule is CC(N(N)C1CCCCC1)N(N)C1CCCCC1. The molecule has 4 N–H and O–H groups in total. The van der Waals surface area contributed by atoms with E-state index in [2.05, 4.69) is 6.92 Å². The Morgan fingerprint density at radius 2 is 1.06 bits per heavy atom. The number of hydrazine groups is 2. The molecule has 4 heteroatoms. The third-order valence-corrected chi connectivity index (χ3v) is 4.86. The van der Waals surface area contributed by atoms with Crippen molar-refractivity contribution >= 4 is 0 Å². The summed E-state index contributed by atoms with van der Waals surface area (Å²) in [7, 11) is 0. The maximum absolute atomic E-state index is 6.31. The van der Waals surface area contributed by atoms with Crippen molar-refractivity contribution in [2.45, 2.75) is 89.4 Å². The summed E-state index contributed by atoms with van der Waals surface area (Å²) in [5.41, 5.74) is 0. The van der Waals surface area contributed by atoms with Crippen LogP contribution >= 0.6 is 0 Å². The topological polar surface area (TPSA) is 58.5 Å². The van der Waals surface area contributed by atoms with Crippen molar-refractivity contribution in [3.63, 3.8) is 0 Å². The van der Waals surface area contributed by atoms with E-state index in [1.54, 1.807) is 0 Å². The lowest BCUT2D eigenvalue weighted by Gasteiger charge is -2.42. The molecule has 0 aromatic heterocycles. The van der Waals surface area contributed by atoms with E-state index < -0.39 is 0 Å². The highest BCUT2D eigenvalue weighted by Gasteiger charge is 2.29. The largest absolute Gasteiger partial charge is 0.267 e. The second kappa shape index (κ2) is 6.85. The van der Waals surface area contributed by atoms with Crippen LogP contribution in [0, 0.1) is 0 Å². The molecule has 0 heterocycles. The summed E-state index contributed by atoms with van der Waals surface area (Å²) in [6, 6.07) is 1.06. The minimum absolute atomic E-state index is 0.163. The van der Waals surface area contributed by atoms with E-state index in [4.69, 9.17) is 11.7 Å². The van der Waals surface area contributed by atoms with E-state index in [1.807, 2.05) is 10.0 Å². The standard InChI is InChI=1S/C14H30N4/c1-12(17(15)13-8-4-2-5-9-13)18(16)14-10-6-3-7-11-14/h12-14H,2-11,15-16H2,1H3. The Morgan fingerprint density at radius 3 is 1.39 bits per heavy atom. The van der Waals surface area contributed by atoms with Gasteiger partial charge in [-0.3, -0.25) is 11.7 Å². The molecule has 106 valence electrons. The molecule has 0 amide bonds. The molecule has 0 aromatic rings. The number of hydrogen-bond acceptors (Lipinski definition) is 4. The molecule has 2 aliphatic carbocycles. The Balaban J connectivity index is 1.85. The molecule has 0 bridgehead atoms. The highest BCUT2D eigenvalue weighted by atomic mass is 15.6. The zero-order valence-electron chi connectivity index (χ0n) is 11.9. The highest BCUT2D eigenvalue weighted by molar-refractivity contribution is 4.79. The summed E-state index contributed by atoms with van der Waals surface area (Å²) in [5, 5.41) is 4.04. The van der Waals surface area contributed by atoms with Crippen molar-refractivity contribution in [1.82, 2.24) is 10.0 Å². The Kier molecular flexibility index (Phi) is 5.42. The summed E-state index contributed by atoms with van der Waals surface area (Å²) < 4.78 is 0. The van der Waals surface area contributed by atoms with Gasteiger partial charge >= 0.3 is 0 Å². The normalized spacial score (nSPS) is 24.3. The molecule has 0 saturated heterocycles. The molecule has 2 saturated carbocycles. The van der Waals surface area contributed by atoms with Gasteiger partial charge in [0.25, 0.3) is 0 Å². The number of rotatable bonds is 4. The molecule has 0 aliphatic heterocycles. The molecule has 0 radical (unpaired) electrons. The van der Waals surface area contributed by atoms with Crippen LogP contribution in [0.3, 0.4) is 0 Å². The van der Waals surface area contributed by atoms with Gasteiger partial charge in [0.2, 0.25) is 0 Å². The molecule has 0 atom stereocenters. The van der Waals surface area contributed by atoms with Gasteiger partial charge in [-0.2, -0.15) is 0 Å². The molecule has 2 aliphatic rings. The van der Waals surface area contributed by atoms with Gasteiger partial charge in [-0.1, -0.05) is 38.5 Å². The fraction of sp³-hybridized carbons (Fsp3) is 1.00. The second-order valence-corrected chi connectivity index (χ2v) is 6.11. The van der Waals surface area contributed by atoms with Crippen LogP contribution in [0.25, 0.3) is 0 Å². The number of hydrogen-bond donors (Lipinski definition) is 2. The van der Waals surface area contributed by atoms with Gasteiger partial charge in [-0.05, 0) is 32.6 Å². The molecule has 2 fully saturated rings. The first-order valence-corrected chi connectivity index (χ1v) is 7.76. The van der Waals surface area contributed by atoms with Crippen LogP contribution in [0.4, 0.5) is 0 Å².